The molecule has 1 aromatic carbocycles. The fourth-order valence-corrected chi connectivity index (χ4v) is 3.40. The van der Waals surface area contributed by atoms with E-state index in [0.717, 1.165) is 6.42 Å². The first-order chi connectivity index (χ1) is 10.6. The lowest BCUT2D eigenvalue weighted by Crippen LogP contribution is -2.31. The molecule has 3 nitrogen and oxygen atoms in total. The van der Waals surface area contributed by atoms with E-state index in [1.165, 1.54) is 16.0 Å². The number of thiophene rings is 1. The Morgan fingerprint density at radius 3 is 2.52 bits per heavy atom. The molecule has 0 aliphatic carbocycles. The van der Waals surface area contributed by atoms with Gasteiger partial charge in [-0.3, -0.25) is 4.79 Å². The predicted molar refractivity (Wildman–Crippen MR) is 100 cm³/mol. The molecule has 126 valence electrons. The number of amides is 1. The summed E-state index contributed by atoms with van der Waals surface area (Å²) in [5, 5.41) is 5.26. The summed E-state index contributed by atoms with van der Waals surface area (Å²) in [7, 11) is 0. The van der Waals surface area contributed by atoms with E-state index in [0.29, 0.717) is 12.8 Å². The Balaban J connectivity index is 0.00000264. The number of hydrogen-bond acceptors (Lipinski definition) is 3. The molecule has 2 unspecified atom stereocenters. The minimum absolute atomic E-state index is 0. The molecule has 1 heterocycles. The van der Waals surface area contributed by atoms with Gasteiger partial charge < -0.3 is 11.1 Å². The van der Waals surface area contributed by atoms with Crippen LogP contribution in [0.1, 0.15) is 41.8 Å². The van der Waals surface area contributed by atoms with Crippen LogP contribution in [-0.2, 0) is 11.2 Å². The summed E-state index contributed by atoms with van der Waals surface area (Å²) < 4.78 is 0. The minimum Gasteiger partial charge on any atom is -0.348 e. The fraction of sp³-hybridized carbons (Fsp3) is 0.389. The van der Waals surface area contributed by atoms with Gasteiger partial charge >= 0.3 is 0 Å². The highest BCUT2D eigenvalue weighted by Gasteiger charge is 2.18. The monoisotopic (exact) mass is 352 g/mol. The van der Waals surface area contributed by atoms with Crippen molar-refractivity contribution in [3.63, 3.8) is 0 Å². The van der Waals surface area contributed by atoms with Crippen LogP contribution in [-0.4, -0.2) is 11.9 Å². The summed E-state index contributed by atoms with van der Waals surface area (Å²) in [4.78, 5) is 13.4. The lowest BCUT2D eigenvalue weighted by molar-refractivity contribution is -0.122. The zero-order valence-corrected chi connectivity index (χ0v) is 15.3. The third-order valence-corrected chi connectivity index (χ3v) is 4.80. The largest absolute Gasteiger partial charge is 0.348 e. The van der Waals surface area contributed by atoms with Gasteiger partial charge in [0.2, 0.25) is 5.91 Å². The molecule has 0 spiro atoms. The molecule has 0 fully saturated rings. The van der Waals surface area contributed by atoms with Crippen LogP contribution in [0.2, 0.25) is 0 Å². The van der Waals surface area contributed by atoms with Crippen molar-refractivity contribution >= 4 is 29.7 Å². The maximum absolute atomic E-state index is 12.2. The Morgan fingerprint density at radius 1 is 1.26 bits per heavy atom. The topological polar surface area (TPSA) is 55.1 Å². The van der Waals surface area contributed by atoms with Gasteiger partial charge in [0.1, 0.15) is 0 Å². The van der Waals surface area contributed by atoms with Crippen LogP contribution in [0.15, 0.2) is 41.8 Å². The van der Waals surface area contributed by atoms with E-state index >= 15 is 0 Å². The molecule has 1 aromatic heterocycles. The highest BCUT2D eigenvalue weighted by molar-refractivity contribution is 7.10. The standard InChI is InChI=1S/C18H24N2OS.ClH/c1-13-10-11-22-18(13)16(12-15-6-4-3-5-7-15)20-17(21)9-8-14(2)19;/h3-7,10-11,14,16H,8-9,12,19H2,1-2H3,(H,20,21);1H. The molecule has 2 atom stereocenters. The summed E-state index contributed by atoms with van der Waals surface area (Å²) in [5.41, 5.74) is 8.20. The van der Waals surface area contributed by atoms with Crippen LogP contribution in [0.4, 0.5) is 0 Å². The van der Waals surface area contributed by atoms with Gasteiger partial charge in [-0.25, -0.2) is 0 Å². The maximum atomic E-state index is 12.2. The number of rotatable bonds is 7. The highest BCUT2D eigenvalue weighted by Crippen LogP contribution is 2.27. The van der Waals surface area contributed by atoms with Crippen LogP contribution in [0.25, 0.3) is 0 Å². The Labute approximate surface area is 148 Å². The summed E-state index contributed by atoms with van der Waals surface area (Å²) in [5.74, 6) is 0.0750. The first kappa shape index (κ1) is 19.7. The SMILES string of the molecule is Cc1ccsc1C(Cc1ccccc1)NC(=O)CCC(C)N.Cl. The smallest absolute Gasteiger partial charge is 0.220 e. The van der Waals surface area contributed by atoms with Crippen molar-refractivity contribution in [2.75, 3.05) is 0 Å². The summed E-state index contributed by atoms with van der Waals surface area (Å²) in [6.07, 6.45) is 2.01. The van der Waals surface area contributed by atoms with Gasteiger partial charge in [0.15, 0.2) is 0 Å². The molecule has 0 radical (unpaired) electrons. The number of benzene rings is 1. The molecule has 2 aromatic rings. The number of nitrogens with two attached hydrogens (primary N) is 1. The zero-order chi connectivity index (χ0) is 15.9. The average molecular weight is 353 g/mol. The Bertz CT molecular complexity index is 598. The molecule has 2 rings (SSSR count). The molecule has 0 bridgehead atoms. The quantitative estimate of drug-likeness (QED) is 0.791. The number of aryl methyl sites for hydroxylation is 1. The van der Waals surface area contributed by atoms with Gasteiger partial charge in [-0.15, -0.1) is 23.7 Å². The molecular formula is C18H25ClN2OS. The van der Waals surface area contributed by atoms with Gasteiger partial charge in [-0.2, -0.15) is 0 Å². The van der Waals surface area contributed by atoms with Crippen LogP contribution in [0.5, 0.6) is 0 Å². The summed E-state index contributed by atoms with van der Waals surface area (Å²) in [6, 6.07) is 12.5. The third-order valence-electron chi connectivity index (χ3n) is 3.66. The minimum atomic E-state index is 0. The van der Waals surface area contributed by atoms with Gasteiger partial charge in [0.05, 0.1) is 6.04 Å². The molecule has 0 saturated heterocycles. The first-order valence-electron chi connectivity index (χ1n) is 7.69. The molecule has 1 amide bonds. The summed E-state index contributed by atoms with van der Waals surface area (Å²) >= 11 is 1.70. The molecule has 0 saturated carbocycles. The van der Waals surface area contributed by atoms with Gasteiger partial charge in [0, 0.05) is 17.3 Å². The molecule has 3 N–H and O–H groups in total. The zero-order valence-electron chi connectivity index (χ0n) is 13.6. The van der Waals surface area contributed by atoms with Crippen LogP contribution in [0, 0.1) is 6.92 Å². The van der Waals surface area contributed by atoms with Crippen molar-refractivity contribution in [2.45, 2.75) is 45.2 Å². The van der Waals surface area contributed by atoms with Crippen molar-refractivity contribution in [2.24, 2.45) is 5.73 Å². The van der Waals surface area contributed by atoms with E-state index < -0.39 is 0 Å². The van der Waals surface area contributed by atoms with Crippen molar-refractivity contribution in [1.29, 1.82) is 0 Å². The molecule has 0 aliphatic rings. The van der Waals surface area contributed by atoms with Gasteiger partial charge in [-0.1, -0.05) is 30.3 Å². The number of hydrogen-bond donors (Lipinski definition) is 2. The van der Waals surface area contributed by atoms with E-state index in [1.54, 1.807) is 11.3 Å². The normalized spacial score (nSPS) is 13.0. The third kappa shape index (κ3) is 6.34. The molecule has 5 heteroatoms. The van der Waals surface area contributed by atoms with Crippen LogP contribution >= 0.6 is 23.7 Å². The number of carbonyl (C=O) groups is 1. The Kier molecular flexibility index (Phi) is 8.31. The van der Waals surface area contributed by atoms with Gasteiger partial charge in [0.25, 0.3) is 0 Å². The van der Waals surface area contributed by atoms with Crippen molar-refractivity contribution < 1.29 is 4.79 Å². The number of nitrogens with one attached hydrogen (secondary N) is 1. The number of halogens is 1. The van der Waals surface area contributed by atoms with E-state index in [1.807, 2.05) is 25.1 Å². The van der Waals surface area contributed by atoms with Crippen LogP contribution < -0.4 is 11.1 Å². The first-order valence-corrected chi connectivity index (χ1v) is 8.57. The van der Waals surface area contributed by atoms with Crippen molar-refractivity contribution in [3.8, 4) is 0 Å². The van der Waals surface area contributed by atoms with E-state index in [2.05, 4.69) is 35.8 Å². The van der Waals surface area contributed by atoms with E-state index in [4.69, 9.17) is 5.73 Å². The van der Waals surface area contributed by atoms with Gasteiger partial charge in [-0.05, 0) is 49.3 Å². The lowest BCUT2D eigenvalue weighted by atomic mass is 10.0. The van der Waals surface area contributed by atoms with Crippen LogP contribution in [0.3, 0.4) is 0 Å². The summed E-state index contributed by atoms with van der Waals surface area (Å²) in [6.45, 7) is 4.02. The second kappa shape index (κ2) is 9.71. The Hall–Kier alpha value is -1.36. The molecule has 23 heavy (non-hydrogen) atoms. The van der Waals surface area contributed by atoms with Crippen molar-refractivity contribution in [1.82, 2.24) is 5.32 Å². The predicted octanol–water partition coefficient (Wildman–Crippen LogP) is 4.01. The second-order valence-electron chi connectivity index (χ2n) is 5.79. The molecule has 0 aliphatic heterocycles. The second-order valence-corrected chi connectivity index (χ2v) is 6.74. The number of carbonyl (C=O) groups excluding carboxylic acids is 1. The van der Waals surface area contributed by atoms with E-state index in [9.17, 15) is 4.79 Å². The maximum Gasteiger partial charge on any atom is 0.220 e. The lowest BCUT2D eigenvalue weighted by Gasteiger charge is -2.19. The van der Waals surface area contributed by atoms with E-state index in [-0.39, 0.29) is 30.4 Å². The molecular weight excluding hydrogens is 328 g/mol. The van der Waals surface area contributed by atoms with Crippen molar-refractivity contribution in [3.05, 3.63) is 57.8 Å². The average Bonchev–Trinajstić information content (AvgIpc) is 2.92. The highest BCUT2D eigenvalue weighted by atomic mass is 35.5. The Morgan fingerprint density at radius 2 is 1.96 bits per heavy atom. The fourth-order valence-electron chi connectivity index (χ4n) is 2.43.